The Morgan fingerprint density at radius 2 is 1.58 bits per heavy atom. The average molecular weight is 322 g/mol. The Labute approximate surface area is 137 Å². The van der Waals surface area contributed by atoms with Gasteiger partial charge in [-0.05, 0) is 42.3 Å². The molecule has 3 rings (SSSR count). The molecular formula is C19H12F2N2O. The lowest BCUT2D eigenvalue weighted by Gasteiger charge is -2.00. The van der Waals surface area contributed by atoms with Gasteiger partial charge in [0.1, 0.15) is 29.0 Å². The number of rotatable bonds is 3. The number of hydrogen-bond acceptors (Lipinski definition) is 3. The Morgan fingerprint density at radius 1 is 1.00 bits per heavy atom. The minimum absolute atomic E-state index is 0.250. The summed E-state index contributed by atoms with van der Waals surface area (Å²) >= 11 is 0. The van der Waals surface area contributed by atoms with Crippen molar-refractivity contribution in [3.8, 4) is 17.2 Å². The molecule has 0 spiro atoms. The van der Waals surface area contributed by atoms with Crippen LogP contribution in [0.3, 0.4) is 0 Å². The molecular weight excluding hydrogens is 310 g/mol. The highest BCUT2D eigenvalue weighted by atomic mass is 19.1. The van der Waals surface area contributed by atoms with E-state index in [0.717, 1.165) is 0 Å². The van der Waals surface area contributed by atoms with Crippen molar-refractivity contribution in [2.75, 3.05) is 0 Å². The summed E-state index contributed by atoms with van der Waals surface area (Å²) < 4.78 is 31.7. The SMILES string of the molecule is Cc1oc(/N=C/c2ccc(F)cc2)c(-c2ccc(F)cc2)c1C#N. The van der Waals surface area contributed by atoms with Crippen molar-refractivity contribution in [2.24, 2.45) is 4.99 Å². The molecule has 1 heterocycles. The van der Waals surface area contributed by atoms with Gasteiger partial charge in [0.25, 0.3) is 0 Å². The van der Waals surface area contributed by atoms with Crippen molar-refractivity contribution in [2.45, 2.75) is 6.92 Å². The van der Waals surface area contributed by atoms with Gasteiger partial charge in [0.2, 0.25) is 5.88 Å². The third-order valence-electron chi connectivity index (χ3n) is 3.51. The van der Waals surface area contributed by atoms with E-state index in [0.29, 0.717) is 28.0 Å². The molecule has 0 aliphatic carbocycles. The summed E-state index contributed by atoms with van der Waals surface area (Å²) in [5.41, 5.74) is 2.19. The van der Waals surface area contributed by atoms with Crippen LogP contribution in [0, 0.1) is 29.9 Å². The first kappa shape index (κ1) is 15.6. The van der Waals surface area contributed by atoms with E-state index < -0.39 is 0 Å². The molecule has 0 fully saturated rings. The third kappa shape index (κ3) is 3.08. The molecule has 3 aromatic rings. The lowest BCUT2D eigenvalue weighted by Crippen LogP contribution is -1.84. The number of aliphatic imine (C=N–C) groups is 1. The smallest absolute Gasteiger partial charge is 0.228 e. The van der Waals surface area contributed by atoms with Crippen LogP contribution in [0.15, 0.2) is 57.9 Å². The van der Waals surface area contributed by atoms with Crippen LogP contribution in [-0.4, -0.2) is 6.21 Å². The Morgan fingerprint density at radius 3 is 2.17 bits per heavy atom. The number of hydrogen-bond donors (Lipinski definition) is 0. The first-order chi connectivity index (χ1) is 11.6. The molecule has 1 aromatic heterocycles. The minimum atomic E-state index is -0.367. The van der Waals surface area contributed by atoms with Gasteiger partial charge in [0.05, 0.1) is 5.56 Å². The van der Waals surface area contributed by atoms with E-state index in [9.17, 15) is 14.0 Å². The molecule has 0 saturated carbocycles. The van der Waals surface area contributed by atoms with Crippen LogP contribution in [0.1, 0.15) is 16.9 Å². The zero-order valence-corrected chi connectivity index (χ0v) is 12.8. The lowest BCUT2D eigenvalue weighted by molar-refractivity contribution is 0.544. The maximum atomic E-state index is 13.1. The summed E-state index contributed by atoms with van der Waals surface area (Å²) in [7, 11) is 0. The molecule has 0 unspecified atom stereocenters. The predicted octanol–water partition coefficient (Wildman–Crippen LogP) is 5.16. The second-order valence-corrected chi connectivity index (χ2v) is 5.14. The first-order valence-corrected chi connectivity index (χ1v) is 7.17. The van der Waals surface area contributed by atoms with Crippen molar-refractivity contribution < 1.29 is 13.2 Å². The minimum Gasteiger partial charge on any atom is -0.442 e. The summed E-state index contributed by atoms with van der Waals surface area (Å²) in [6.45, 7) is 1.67. The molecule has 24 heavy (non-hydrogen) atoms. The summed E-state index contributed by atoms with van der Waals surface area (Å²) in [5, 5.41) is 9.37. The summed E-state index contributed by atoms with van der Waals surface area (Å²) in [6.07, 6.45) is 1.52. The van der Waals surface area contributed by atoms with Crippen molar-refractivity contribution in [1.29, 1.82) is 5.26 Å². The number of nitrogens with zero attached hydrogens (tertiary/aromatic N) is 2. The fraction of sp³-hybridized carbons (Fsp3) is 0.0526. The highest BCUT2D eigenvalue weighted by molar-refractivity contribution is 5.86. The van der Waals surface area contributed by atoms with Crippen LogP contribution in [-0.2, 0) is 0 Å². The molecule has 0 aliphatic rings. The molecule has 0 bridgehead atoms. The number of halogens is 2. The first-order valence-electron chi connectivity index (χ1n) is 7.17. The van der Waals surface area contributed by atoms with E-state index in [1.165, 1.54) is 30.5 Å². The van der Waals surface area contributed by atoms with E-state index >= 15 is 0 Å². The monoisotopic (exact) mass is 322 g/mol. The number of benzene rings is 2. The predicted molar refractivity (Wildman–Crippen MR) is 87.2 cm³/mol. The van der Waals surface area contributed by atoms with E-state index in [1.807, 2.05) is 0 Å². The Hall–Kier alpha value is -3.26. The largest absolute Gasteiger partial charge is 0.442 e. The van der Waals surface area contributed by atoms with E-state index in [2.05, 4.69) is 11.1 Å². The maximum Gasteiger partial charge on any atom is 0.228 e. The quantitative estimate of drug-likeness (QED) is 0.626. The van der Waals surface area contributed by atoms with Crippen molar-refractivity contribution in [3.63, 3.8) is 0 Å². The van der Waals surface area contributed by atoms with Gasteiger partial charge < -0.3 is 4.42 Å². The fourth-order valence-corrected chi connectivity index (χ4v) is 2.32. The Kier molecular flexibility index (Phi) is 4.21. The Balaban J connectivity index is 2.06. The summed E-state index contributed by atoms with van der Waals surface area (Å²) in [6, 6.07) is 13.7. The highest BCUT2D eigenvalue weighted by Crippen LogP contribution is 2.37. The van der Waals surface area contributed by atoms with E-state index in [-0.39, 0.29) is 17.5 Å². The van der Waals surface area contributed by atoms with Gasteiger partial charge in [0.15, 0.2) is 0 Å². The van der Waals surface area contributed by atoms with Gasteiger partial charge in [-0.3, -0.25) is 0 Å². The Bertz CT molecular complexity index is 933. The van der Waals surface area contributed by atoms with Gasteiger partial charge >= 0.3 is 0 Å². The molecule has 0 saturated heterocycles. The standard InChI is InChI=1S/C19H12F2N2O/c1-12-17(10-22)18(14-4-8-16(21)9-5-14)19(24-12)23-11-13-2-6-15(20)7-3-13/h2-9,11H,1H3/b23-11+. The highest BCUT2D eigenvalue weighted by Gasteiger charge is 2.19. The molecule has 0 aliphatic heterocycles. The molecule has 0 amide bonds. The van der Waals surface area contributed by atoms with Gasteiger partial charge in [-0.1, -0.05) is 24.3 Å². The fourth-order valence-electron chi connectivity index (χ4n) is 2.32. The van der Waals surface area contributed by atoms with Crippen LogP contribution in [0.25, 0.3) is 11.1 Å². The normalized spacial score (nSPS) is 10.9. The molecule has 5 heteroatoms. The van der Waals surface area contributed by atoms with E-state index in [1.54, 1.807) is 31.2 Å². The van der Waals surface area contributed by atoms with Crippen LogP contribution in [0.5, 0.6) is 0 Å². The lowest BCUT2D eigenvalue weighted by atomic mass is 10.0. The summed E-state index contributed by atoms with van der Waals surface area (Å²) in [5.74, 6) is -0.0170. The zero-order chi connectivity index (χ0) is 17.1. The van der Waals surface area contributed by atoms with Gasteiger partial charge in [-0.15, -0.1) is 0 Å². The zero-order valence-electron chi connectivity index (χ0n) is 12.8. The van der Waals surface area contributed by atoms with Crippen molar-refractivity contribution in [1.82, 2.24) is 0 Å². The van der Waals surface area contributed by atoms with Crippen LogP contribution >= 0.6 is 0 Å². The topological polar surface area (TPSA) is 49.3 Å². The molecule has 0 N–H and O–H groups in total. The average Bonchev–Trinajstić information content (AvgIpc) is 2.90. The van der Waals surface area contributed by atoms with Crippen molar-refractivity contribution >= 4 is 12.1 Å². The van der Waals surface area contributed by atoms with Crippen molar-refractivity contribution in [3.05, 3.63) is 77.1 Å². The van der Waals surface area contributed by atoms with E-state index in [4.69, 9.17) is 4.42 Å². The third-order valence-corrected chi connectivity index (χ3v) is 3.51. The van der Waals surface area contributed by atoms with Gasteiger partial charge in [0, 0.05) is 6.21 Å². The molecule has 0 radical (unpaired) electrons. The molecule has 118 valence electrons. The molecule has 2 aromatic carbocycles. The summed E-state index contributed by atoms with van der Waals surface area (Å²) in [4.78, 5) is 4.28. The van der Waals surface area contributed by atoms with Gasteiger partial charge in [-0.2, -0.15) is 5.26 Å². The second-order valence-electron chi connectivity index (χ2n) is 5.14. The number of nitriles is 1. The number of aryl methyl sites for hydroxylation is 1. The van der Waals surface area contributed by atoms with Crippen LogP contribution < -0.4 is 0 Å². The van der Waals surface area contributed by atoms with Crippen LogP contribution in [0.4, 0.5) is 14.7 Å². The maximum absolute atomic E-state index is 13.1. The second kappa shape index (κ2) is 6.47. The molecule has 0 atom stereocenters. The van der Waals surface area contributed by atoms with Gasteiger partial charge in [-0.25, -0.2) is 13.8 Å². The number of furan rings is 1. The van der Waals surface area contributed by atoms with Crippen LogP contribution in [0.2, 0.25) is 0 Å². The molecule has 3 nitrogen and oxygen atoms in total.